The quantitative estimate of drug-likeness (QED) is 0.00539. The first-order valence-corrected chi connectivity index (χ1v) is 31.6. The molecule has 48 heteroatoms. The number of carboxylic acid groups (broad SMARTS) is 1. The summed E-state index contributed by atoms with van der Waals surface area (Å²) in [5, 5.41) is 110. The predicted molar refractivity (Wildman–Crippen MR) is 301 cm³/mol. The molecule has 0 radical (unpaired) electrons. The molecule has 0 aliphatic heterocycles. The van der Waals surface area contributed by atoms with E-state index in [1.165, 1.54) is 0 Å². The molecular weight excluding hydrogens is 1370 g/mol. The number of methoxy groups -OCH3 is 1. The van der Waals surface area contributed by atoms with Crippen LogP contribution in [-0.4, -0.2) is 124 Å². The average Bonchev–Trinajstić information content (AvgIpc) is 1.38. The molecule has 91 heavy (non-hydrogen) atoms. The number of aromatic hydroxyl groups is 3. The monoisotopic (exact) mass is 1400 g/mol. The molecular formula is C43H30N12O29S7. The van der Waals surface area contributed by atoms with Gasteiger partial charge in [0.15, 0.2) is 22.9 Å². The molecule has 0 aliphatic carbocycles. The van der Waals surface area contributed by atoms with E-state index in [0.29, 0.717) is 28.9 Å². The summed E-state index contributed by atoms with van der Waals surface area (Å²) in [4.78, 5) is 16.2. The van der Waals surface area contributed by atoms with Crippen LogP contribution < -0.4 is 10.5 Å². The number of phenolic OH excluding ortho intramolecular Hbond substituents is 2. The molecule has 8 rings (SSSR count). The molecule has 478 valence electrons. The van der Waals surface area contributed by atoms with Gasteiger partial charge in [-0.05, 0) is 78.9 Å². The van der Waals surface area contributed by atoms with Crippen LogP contribution in [0.1, 0.15) is 10.5 Å². The lowest BCUT2D eigenvalue weighted by Crippen LogP contribution is -2.03. The number of hydrogen-bond donors (Lipinski definition) is 12. The van der Waals surface area contributed by atoms with Crippen molar-refractivity contribution in [1.82, 2.24) is 9.78 Å². The highest BCUT2D eigenvalue weighted by Gasteiger charge is 2.31. The minimum absolute atomic E-state index is 0.0279. The molecule has 0 spiro atoms. The second kappa shape index (κ2) is 25.8. The standard InChI is InChI=1S/C43H30N12O29S7/c1-80-27-15-26(55(61)62)28(85-83-81-63)13-24(27)48-50-35-29(86-84-82-64)11-21-30(88(68,69)70)14-25(34(44)33(21)40(35)57)49-47-23-9-7-19-20(41(23)91(77,78)79)12-32(90(74,75)76)36(39(19)56)51-45-16-2-8-22(31(10-16)89(71,72)73)46-52-37-38(43(59)60)53-54(42(37)58)17-3-5-18(6-4-17)87(65,66)67/h2-15,56-58,63-64H,44H2,1H3,(H,59,60)(H,65,66,67)(H,68,69,70)(H,71,72,73)(H,74,75,76)(H,77,78,79). The lowest BCUT2D eigenvalue weighted by Gasteiger charge is -2.15. The maximum absolute atomic E-state index is 13.2. The minimum atomic E-state index is -5.74. The van der Waals surface area contributed by atoms with Crippen LogP contribution in [0.2, 0.25) is 0 Å². The maximum Gasteiger partial charge on any atom is 0.358 e. The number of nitro groups is 1. The molecule has 13 N–H and O–H groups in total. The zero-order valence-electron chi connectivity index (χ0n) is 43.7. The first-order valence-electron chi connectivity index (χ1n) is 22.9. The Kier molecular flexibility index (Phi) is 19.1. The van der Waals surface area contributed by atoms with Gasteiger partial charge < -0.3 is 30.9 Å². The molecule has 0 saturated heterocycles. The molecule has 41 nitrogen and oxygen atoms in total. The van der Waals surface area contributed by atoms with Crippen molar-refractivity contribution >= 4 is 159 Å². The minimum Gasteiger partial charge on any atom is -0.505 e. The molecule has 1 heterocycles. The fraction of sp³-hybridized carbons (Fsp3) is 0.0233. The molecule has 0 fully saturated rings. The van der Waals surface area contributed by atoms with Crippen LogP contribution in [0.5, 0.6) is 23.1 Å². The van der Waals surface area contributed by atoms with Crippen LogP contribution in [0.4, 0.5) is 56.9 Å². The van der Waals surface area contributed by atoms with Gasteiger partial charge in [-0.2, -0.15) is 57.0 Å². The number of benzene rings is 7. The summed E-state index contributed by atoms with van der Waals surface area (Å²) in [6.07, 6.45) is 0. The second-order valence-electron chi connectivity index (χ2n) is 17.1. The predicted octanol–water partition coefficient (Wildman–Crippen LogP) is 9.24. The zero-order valence-corrected chi connectivity index (χ0v) is 49.4. The number of hydrogen-bond acceptors (Lipinski definition) is 35. The lowest BCUT2D eigenvalue weighted by atomic mass is 10.0. The van der Waals surface area contributed by atoms with Crippen molar-refractivity contribution in [3.8, 4) is 28.8 Å². The highest BCUT2D eigenvalue weighted by atomic mass is 32.2. The van der Waals surface area contributed by atoms with Crippen molar-refractivity contribution in [3.05, 3.63) is 101 Å². The Morgan fingerprint density at radius 2 is 1.15 bits per heavy atom. The average molecular weight is 1400 g/mol. The Hall–Kier alpha value is -9.45. The topological polar surface area (TPSA) is 642 Å². The van der Waals surface area contributed by atoms with E-state index in [4.69, 9.17) is 21.0 Å². The first-order chi connectivity index (χ1) is 42.5. The zero-order chi connectivity index (χ0) is 67.0. The second-order valence-corrected chi connectivity index (χ2v) is 25.6. The lowest BCUT2D eigenvalue weighted by molar-refractivity contribution is -0.432. The summed E-state index contributed by atoms with van der Waals surface area (Å²) < 4.78 is 192. The van der Waals surface area contributed by atoms with E-state index in [1.54, 1.807) is 0 Å². The van der Waals surface area contributed by atoms with E-state index in [-0.39, 0.29) is 46.1 Å². The molecule has 0 saturated carbocycles. The molecule has 0 atom stereocenters. The summed E-state index contributed by atoms with van der Waals surface area (Å²) in [5.41, 5.74) is -2.90. The number of aromatic nitrogens is 2. The van der Waals surface area contributed by atoms with Crippen molar-refractivity contribution in [2.45, 2.75) is 34.3 Å². The fourth-order valence-electron chi connectivity index (χ4n) is 7.94. The van der Waals surface area contributed by atoms with E-state index >= 15 is 0 Å². The number of nitro benzene ring substituents is 1. The number of carboxylic acids is 1. The SMILES string of the molecule is COc1cc([N+](=O)[O-])c(SOOO)cc1N=Nc1c(SOOO)cc2c(S(=O)(=O)O)cc(N=Nc3ccc4c(O)c(N=Nc5ccc(N=Nc6c(C(=O)O)nn(-c7ccc(S(=O)(=O)O)cc7)c6O)c(S(=O)(=O)O)c5)c(S(=O)(=O)O)cc4c3S(=O)(=O)O)c(N)c2c1O. The van der Waals surface area contributed by atoms with Gasteiger partial charge in [0, 0.05) is 16.2 Å². The number of fused-ring (bicyclic) bond motifs is 2. The first kappa shape index (κ1) is 67.5. The number of anilines is 1. The Morgan fingerprint density at radius 3 is 1.73 bits per heavy atom. The summed E-state index contributed by atoms with van der Waals surface area (Å²) in [6, 6.07) is 10.7. The van der Waals surface area contributed by atoms with E-state index in [2.05, 4.69) is 64.8 Å². The maximum atomic E-state index is 13.2. The third-order valence-electron chi connectivity index (χ3n) is 11.7. The molecule has 0 unspecified atom stereocenters. The number of phenols is 2. The fourth-order valence-corrected chi connectivity index (χ4v) is 12.2. The molecule has 8 aromatic rings. The Bertz CT molecular complexity index is 5110. The van der Waals surface area contributed by atoms with E-state index in [1.807, 2.05) is 0 Å². The Labute approximate surface area is 512 Å². The summed E-state index contributed by atoms with van der Waals surface area (Å²) in [5.74, 6) is -5.76. The van der Waals surface area contributed by atoms with Crippen LogP contribution in [-0.2, 0) is 69.3 Å². The highest BCUT2D eigenvalue weighted by molar-refractivity contribution is 7.95. The van der Waals surface area contributed by atoms with Gasteiger partial charge in [0.25, 0.3) is 56.3 Å². The van der Waals surface area contributed by atoms with Gasteiger partial charge in [-0.25, -0.2) is 15.3 Å². The van der Waals surface area contributed by atoms with Gasteiger partial charge in [-0.3, -0.25) is 32.9 Å². The third kappa shape index (κ3) is 14.3. The van der Waals surface area contributed by atoms with Crippen molar-refractivity contribution in [3.63, 3.8) is 0 Å². The smallest absolute Gasteiger partial charge is 0.358 e. The number of ether oxygens (including phenoxy) is 1. The summed E-state index contributed by atoms with van der Waals surface area (Å²) in [6.45, 7) is 0. The van der Waals surface area contributed by atoms with Gasteiger partial charge in [0.2, 0.25) is 11.6 Å². The molecule has 0 bridgehead atoms. The van der Waals surface area contributed by atoms with Gasteiger partial charge in [0.05, 0.1) is 74.4 Å². The summed E-state index contributed by atoms with van der Waals surface area (Å²) in [7, 11) is -26.0. The number of nitrogen functional groups attached to an aromatic ring is 1. The number of rotatable bonds is 23. The summed E-state index contributed by atoms with van der Waals surface area (Å²) >= 11 is 0.141. The van der Waals surface area contributed by atoms with Crippen molar-refractivity contribution in [1.29, 1.82) is 0 Å². The van der Waals surface area contributed by atoms with Crippen molar-refractivity contribution in [2.75, 3.05) is 12.8 Å². The number of carbonyl (C=O) groups is 1. The Balaban J connectivity index is 1.22. The molecule has 1 aromatic heterocycles. The molecule has 0 amide bonds. The van der Waals surface area contributed by atoms with Gasteiger partial charge in [0.1, 0.15) is 58.6 Å². The van der Waals surface area contributed by atoms with Gasteiger partial charge >= 0.3 is 5.97 Å². The number of aromatic carboxylic acids is 1. The number of azo groups is 4. The van der Waals surface area contributed by atoms with E-state index < -0.39 is 187 Å². The molecule has 0 aliphatic rings. The van der Waals surface area contributed by atoms with Crippen LogP contribution in [0.15, 0.2) is 160 Å². The third-order valence-corrected chi connectivity index (χ3v) is 17.5. The van der Waals surface area contributed by atoms with Crippen LogP contribution in [0.25, 0.3) is 27.2 Å². The molecule has 7 aromatic carbocycles. The van der Waals surface area contributed by atoms with Crippen LogP contribution in [0, 0.1) is 10.1 Å². The van der Waals surface area contributed by atoms with Crippen molar-refractivity contribution in [2.24, 2.45) is 40.9 Å². The van der Waals surface area contributed by atoms with Crippen molar-refractivity contribution < 1.29 is 129 Å². The Morgan fingerprint density at radius 1 is 0.582 bits per heavy atom. The number of nitrogens with two attached hydrogens (primary N) is 1. The normalized spacial score (nSPS) is 12.8. The van der Waals surface area contributed by atoms with E-state index in [9.17, 15) is 100 Å². The van der Waals surface area contributed by atoms with Gasteiger partial charge in [-0.1, -0.05) is 10.1 Å². The highest BCUT2D eigenvalue weighted by Crippen LogP contribution is 2.52. The van der Waals surface area contributed by atoms with Crippen LogP contribution in [0.3, 0.4) is 0 Å². The van der Waals surface area contributed by atoms with E-state index in [0.717, 1.165) is 67.8 Å². The number of nitrogens with zero attached hydrogens (tertiary/aromatic N) is 11. The largest absolute Gasteiger partial charge is 0.505 e. The van der Waals surface area contributed by atoms with Gasteiger partial charge in [-0.15, -0.1) is 44.5 Å². The van der Waals surface area contributed by atoms with Crippen LogP contribution >= 0.6 is 24.1 Å².